The van der Waals surface area contributed by atoms with Gasteiger partial charge in [-0.2, -0.15) is 0 Å². The average Bonchev–Trinajstić information content (AvgIpc) is 2.81. The van der Waals surface area contributed by atoms with Crippen LogP contribution in [0.2, 0.25) is 0 Å². The van der Waals surface area contributed by atoms with Crippen LogP contribution in [0.1, 0.15) is 51.1 Å². The van der Waals surface area contributed by atoms with E-state index >= 15 is 0 Å². The van der Waals surface area contributed by atoms with Crippen molar-refractivity contribution in [3.8, 4) is 0 Å². The fourth-order valence-electron chi connectivity index (χ4n) is 3.43. The van der Waals surface area contributed by atoms with Crippen molar-refractivity contribution in [2.75, 3.05) is 0 Å². The molecule has 0 saturated heterocycles. The molecule has 2 aliphatic rings. The first-order valence-electron chi connectivity index (χ1n) is 8.30. The summed E-state index contributed by atoms with van der Waals surface area (Å²) < 4.78 is 0. The van der Waals surface area contributed by atoms with E-state index in [0.29, 0.717) is 17.9 Å². The van der Waals surface area contributed by atoms with E-state index in [0.717, 1.165) is 17.5 Å². The van der Waals surface area contributed by atoms with Gasteiger partial charge in [0.15, 0.2) is 0 Å². The first kappa shape index (κ1) is 15.6. The zero-order valence-corrected chi connectivity index (χ0v) is 13.8. The highest BCUT2D eigenvalue weighted by atomic mass is 16.7. The van der Waals surface area contributed by atoms with Crippen molar-refractivity contribution >= 4 is 17.8 Å². The van der Waals surface area contributed by atoms with Gasteiger partial charge in [0.2, 0.25) is 0 Å². The molecule has 1 saturated carbocycles. The number of amides is 2. The highest BCUT2D eigenvalue weighted by molar-refractivity contribution is 6.21. The lowest BCUT2D eigenvalue weighted by Crippen LogP contribution is -2.47. The van der Waals surface area contributed by atoms with Crippen molar-refractivity contribution in [3.05, 3.63) is 70.8 Å². The third kappa shape index (κ3) is 2.27. The second-order valence-electron chi connectivity index (χ2n) is 6.63. The van der Waals surface area contributed by atoms with Crippen LogP contribution >= 0.6 is 0 Å². The van der Waals surface area contributed by atoms with Gasteiger partial charge in [-0.25, -0.2) is 4.79 Å². The molecule has 1 heterocycles. The lowest BCUT2D eigenvalue weighted by Gasteiger charge is -2.39. The maximum absolute atomic E-state index is 12.9. The third-order valence-electron chi connectivity index (χ3n) is 5.13. The Morgan fingerprint density at radius 1 is 0.960 bits per heavy atom. The van der Waals surface area contributed by atoms with E-state index < -0.39 is 23.2 Å². The maximum Gasteiger partial charge on any atom is 0.343 e. The summed E-state index contributed by atoms with van der Waals surface area (Å²) in [6.45, 7) is 1.98. The van der Waals surface area contributed by atoms with Crippen LogP contribution in [0.15, 0.2) is 48.5 Å². The number of hydrogen-bond acceptors (Lipinski definition) is 4. The van der Waals surface area contributed by atoms with Crippen LogP contribution in [0.5, 0.6) is 0 Å². The minimum atomic E-state index is -0.775. The van der Waals surface area contributed by atoms with E-state index in [9.17, 15) is 14.4 Å². The van der Waals surface area contributed by atoms with Gasteiger partial charge in [-0.15, -0.1) is 0 Å². The maximum atomic E-state index is 12.9. The topological polar surface area (TPSA) is 63.7 Å². The minimum absolute atomic E-state index is 0.262. The Hall–Kier alpha value is -2.95. The summed E-state index contributed by atoms with van der Waals surface area (Å²) in [5.41, 5.74) is 1.72. The number of rotatable bonds is 3. The second kappa shape index (κ2) is 5.55. The van der Waals surface area contributed by atoms with Crippen LogP contribution in [-0.2, 0) is 15.0 Å². The van der Waals surface area contributed by atoms with Crippen molar-refractivity contribution in [3.63, 3.8) is 0 Å². The summed E-state index contributed by atoms with van der Waals surface area (Å²) in [7, 11) is 0. The number of hydrogen-bond donors (Lipinski definition) is 0. The standard InChI is InChI=1S/C20H17NO4/c1-13-7-9-14(10-8-13)20(11-4-12-20)19(24)25-21-17(22)15-5-2-3-6-16(15)18(21)23/h2-3,5-10H,4,11-12H2,1H3. The van der Waals surface area contributed by atoms with Gasteiger partial charge >= 0.3 is 5.97 Å². The van der Waals surface area contributed by atoms with Crippen molar-refractivity contribution in [2.24, 2.45) is 0 Å². The number of hydroxylamine groups is 2. The molecule has 1 fully saturated rings. The van der Waals surface area contributed by atoms with Gasteiger partial charge in [0.1, 0.15) is 0 Å². The molecule has 0 aromatic heterocycles. The van der Waals surface area contributed by atoms with E-state index in [1.807, 2.05) is 31.2 Å². The molecule has 0 spiro atoms. The van der Waals surface area contributed by atoms with Crippen molar-refractivity contribution in [1.29, 1.82) is 0 Å². The number of carbonyl (C=O) groups excluding carboxylic acids is 3. The molecule has 1 aliphatic carbocycles. The molecule has 0 atom stereocenters. The molecule has 25 heavy (non-hydrogen) atoms. The van der Waals surface area contributed by atoms with E-state index in [4.69, 9.17) is 4.84 Å². The van der Waals surface area contributed by atoms with E-state index in [1.54, 1.807) is 24.3 Å². The molecule has 0 unspecified atom stereocenters. The summed E-state index contributed by atoms with van der Waals surface area (Å²) >= 11 is 0. The quantitative estimate of drug-likeness (QED) is 0.808. The Bertz CT molecular complexity index is 846. The van der Waals surface area contributed by atoms with Crippen molar-refractivity contribution in [2.45, 2.75) is 31.6 Å². The summed E-state index contributed by atoms with van der Waals surface area (Å²) in [6.07, 6.45) is 2.21. The Labute approximate surface area is 145 Å². The Kier molecular flexibility index (Phi) is 3.46. The number of imide groups is 1. The van der Waals surface area contributed by atoms with Crippen LogP contribution in [0.25, 0.3) is 0 Å². The van der Waals surface area contributed by atoms with Crippen LogP contribution in [0.4, 0.5) is 0 Å². The Morgan fingerprint density at radius 2 is 1.52 bits per heavy atom. The lowest BCUT2D eigenvalue weighted by molar-refractivity contribution is -0.179. The van der Waals surface area contributed by atoms with Gasteiger partial charge in [0, 0.05) is 0 Å². The minimum Gasteiger partial charge on any atom is -0.329 e. The van der Waals surface area contributed by atoms with Crippen LogP contribution in [-0.4, -0.2) is 22.8 Å². The molecular formula is C20H17NO4. The summed E-state index contributed by atoms with van der Waals surface area (Å²) in [4.78, 5) is 42.9. The molecule has 0 bridgehead atoms. The number of nitrogens with zero attached hydrogens (tertiary/aromatic N) is 1. The van der Waals surface area contributed by atoms with E-state index in [1.165, 1.54) is 0 Å². The number of carbonyl (C=O) groups is 3. The smallest absolute Gasteiger partial charge is 0.329 e. The normalized spacial score (nSPS) is 17.9. The summed E-state index contributed by atoms with van der Waals surface area (Å²) in [5.74, 6) is -1.73. The zero-order chi connectivity index (χ0) is 17.6. The summed E-state index contributed by atoms with van der Waals surface area (Å²) in [6, 6.07) is 14.2. The first-order valence-corrected chi connectivity index (χ1v) is 8.30. The van der Waals surface area contributed by atoms with Crippen molar-refractivity contribution < 1.29 is 19.2 Å². The SMILES string of the molecule is Cc1ccc(C2(C(=O)ON3C(=O)c4ccccc4C3=O)CCC2)cc1. The molecule has 126 valence electrons. The second-order valence-corrected chi connectivity index (χ2v) is 6.63. The lowest BCUT2D eigenvalue weighted by atomic mass is 9.64. The number of aryl methyl sites for hydroxylation is 1. The van der Waals surface area contributed by atoms with Crippen LogP contribution < -0.4 is 0 Å². The highest BCUT2D eigenvalue weighted by Crippen LogP contribution is 2.45. The van der Waals surface area contributed by atoms with Gasteiger partial charge in [0.05, 0.1) is 16.5 Å². The number of benzene rings is 2. The van der Waals surface area contributed by atoms with E-state index in [2.05, 4.69) is 0 Å². The molecule has 4 rings (SSSR count). The van der Waals surface area contributed by atoms with Gasteiger partial charge in [0.25, 0.3) is 11.8 Å². The summed E-state index contributed by atoms with van der Waals surface area (Å²) in [5, 5.41) is 0.598. The van der Waals surface area contributed by atoms with Gasteiger partial charge in [-0.3, -0.25) is 9.59 Å². The molecule has 0 N–H and O–H groups in total. The fraction of sp³-hybridized carbons (Fsp3) is 0.250. The molecule has 2 amide bonds. The van der Waals surface area contributed by atoms with Gasteiger partial charge in [-0.1, -0.05) is 53.4 Å². The predicted molar refractivity (Wildman–Crippen MR) is 89.7 cm³/mol. The molecular weight excluding hydrogens is 318 g/mol. The molecule has 1 aliphatic heterocycles. The molecule has 2 aromatic carbocycles. The predicted octanol–water partition coefficient (Wildman–Crippen LogP) is 3.17. The molecule has 5 heteroatoms. The molecule has 5 nitrogen and oxygen atoms in total. The molecule has 2 aromatic rings. The zero-order valence-electron chi connectivity index (χ0n) is 13.8. The Balaban J connectivity index is 1.61. The number of fused-ring (bicyclic) bond motifs is 1. The highest BCUT2D eigenvalue weighted by Gasteiger charge is 2.50. The monoisotopic (exact) mass is 335 g/mol. The third-order valence-corrected chi connectivity index (χ3v) is 5.13. The largest absolute Gasteiger partial charge is 0.343 e. The van der Waals surface area contributed by atoms with Crippen LogP contribution in [0, 0.1) is 6.92 Å². The van der Waals surface area contributed by atoms with Crippen LogP contribution in [0.3, 0.4) is 0 Å². The van der Waals surface area contributed by atoms with Gasteiger partial charge in [-0.05, 0) is 37.5 Å². The first-order chi connectivity index (χ1) is 12.0. The average molecular weight is 335 g/mol. The Morgan fingerprint density at radius 3 is 2.00 bits per heavy atom. The van der Waals surface area contributed by atoms with E-state index in [-0.39, 0.29) is 11.1 Å². The van der Waals surface area contributed by atoms with Crippen molar-refractivity contribution in [1.82, 2.24) is 5.06 Å². The van der Waals surface area contributed by atoms with Gasteiger partial charge < -0.3 is 4.84 Å². The molecule has 0 radical (unpaired) electrons. The fourth-order valence-corrected chi connectivity index (χ4v) is 3.43.